The molecule has 0 bridgehead atoms. The topological polar surface area (TPSA) is 51.0 Å². The molecule has 1 atom stereocenters. The Morgan fingerprint density at radius 3 is 2.45 bits per heavy atom. The van der Waals surface area contributed by atoms with Crippen LogP contribution >= 0.6 is 11.8 Å². The molecule has 0 radical (unpaired) electrons. The third-order valence-corrected chi connectivity index (χ3v) is 6.22. The van der Waals surface area contributed by atoms with Crippen LogP contribution in [0.3, 0.4) is 0 Å². The summed E-state index contributed by atoms with van der Waals surface area (Å²) in [6.07, 6.45) is 0. The molecule has 7 heteroatoms. The minimum atomic E-state index is -0.306. The van der Waals surface area contributed by atoms with Crippen LogP contribution in [-0.4, -0.2) is 45.3 Å². The van der Waals surface area contributed by atoms with Gasteiger partial charge in [0.1, 0.15) is 5.82 Å². The second kappa shape index (κ2) is 8.99. The lowest BCUT2D eigenvalue weighted by Crippen LogP contribution is -2.20. The Bertz CT molecular complexity index is 1220. The maximum Gasteiger partial charge on any atom is 0.196 e. The van der Waals surface area contributed by atoms with Crippen LogP contribution in [-0.2, 0) is 0 Å². The summed E-state index contributed by atoms with van der Waals surface area (Å²) < 4.78 is 15.4. The lowest BCUT2D eigenvalue weighted by Gasteiger charge is -2.20. The van der Waals surface area contributed by atoms with E-state index in [0.29, 0.717) is 10.7 Å². The van der Waals surface area contributed by atoms with Gasteiger partial charge in [-0.15, -0.1) is 10.2 Å². The minimum absolute atomic E-state index is 0.0110. The number of rotatable bonds is 7. The number of benzene rings is 3. The van der Waals surface area contributed by atoms with Gasteiger partial charge in [0.15, 0.2) is 16.8 Å². The van der Waals surface area contributed by atoms with Crippen LogP contribution in [0.2, 0.25) is 0 Å². The highest BCUT2D eigenvalue weighted by Crippen LogP contribution is 2.28. The number of thioether (sulfide) groups is 1. The third kappa shape index (κ3) is 4.52. The molecule has 31 heavy (non-hydrogen) atoms. The average Bonchev–Trinajstić information content (AvgIpc) is 3.20. The molecule has 1 heterocycles. The Morgan fingerprint density at radius 1 is 1.03 bits per heavy atom. The molecule has 4 aromatic rings. The van der Waals surface area contributed by atoms with Gasteiger partial charge in [0.05, 0.1) is 11.8 Å². The predicted molar refractivity (Wildman–Crippen MR) is 122 cm³/mol. The van der Waals surface area contributed by atoms with Gasteiger partial charge in [0.25, 0.3) is 0 Å². The Balaban J connectivity index is 1.61. The van der Waals surface area contributed by atoms with Crippen LogP contribution in [0.5, 0.6) is 0 Å². The molecule has 0 aliphatic rings. The van der Waals surface area contributed by atoms with Crippen LogP contribution < -0.4 is 0 Å². The largest absolute Gasteiger partial charge is 0.300 e. The summed E-state index contributed by atoms with van der Waals surface area (Å²) in [7, 11) is 3.93. The number of aromatic nitrogens is 3. The number of carbonyl (C=O) groups is 1. The van der Waals surface area contributed by atoms with E-state index in [-0.39, 0.29) is 23.4 Å². The molecule has 5 nitrogen and oxygen atoms in total. The van der Waals surface area contributed by atoms with Crippen molar-refractivity contribution in [2.75, 3.05) is 19.8 Å². The molecule has 158 valence electrons. The molecule has 3 aromatic carbocycles. The van der Waals surface area contributed by atoms with Crippen molar-refractivity contribution in [2.24, 2.45) is 0 Å². The quantitative estimate of drug-likeness (QED) is 0.297. The van der Waals surface area contributed by atoms with Crippen molar-refractivity contribution >= 4 is 28.3 Å². The first-order valence-corrected chi connectivity index (χ1v) is 10.9. The van der Waals surface area contributed by atoms with E-state index >= 15 is 0 Å². The van der Waals surface area contributed by atoms with Gasteiger partial charge in [-0.05, 0) is 62.1 Å². The van der Waals surface area contributed by atoms with E-state index in [9.17, 15) is 9.18 Å². The van der Waals surface area contributed by atoms with Crippen molar-refractivity contribution < 1.29 is 9.18 Å². The third-order valence-electron chi connectivity index (χ3n) is 5.30. The highest BCUT2D eigenvalue weighted by atomic mass is 32.2. The van der Waals surface area contributed by atoms with E-state index in [0.717, 1.165) is 22.3 Å². The number of hydrogen-bond donors (Lipinski definition) is 0. The monoisotopic (exact) mass is 434 g/mol. The molecule has 0 aliphatic carbocycles. The van der Waals surface area contributed by atoms with Gasteiger partial charge in [0.2, 0.25) is 0 Å². The van der Waals surface area contributed by atoms with Crippen LogP contribution in [0.25, 0.3) is 16.5 Å². The molecule has 0 N–H and O–H groups in total. The van der Waals surface area contributed by atoms with Crippen molar-refractivity contribution in [3.8, 4) is 5.69 Å². The SMILES string of the molecule is C[C@H](c1nnc(SCC(=O)c2ccc3ccccc3c2)n1-c1ccc(F)cc1)N(C)C. The predicted octanol–water partition coefficient (Wildman–Crippen LogP) is 5.16. The molecule has 1 aromatic heterocycles. The van der Waals surface area contributed by atoms with E-state index in [1.54, 1.807) is 12.1 Å². The van der Waals surface area contributed by atoms with Gasteiger partial charge in [-0.1, -0.05) is 48.2 Å². The van der Waals surface area contributed by atoms with Gasteiger partial charge in [-0.3, -0.25) is 14.3 Å². The fourth-order valence-corrected chi connectivity index (χ4v) is 4.14. The zero-order valence-electron chi connectivity index (χ0n) is 17.6. The molecule has 0 saturated heterocycles. The maximum absolute atomic E-state index is 13.5. The zero-order valence-corrected chi connectivity index (χ0v) is 18.4. The molecule has 0 saturated carbocycles. The van der Waals surface area contributed by atoms with Crippen molar-refractivity contribution in [3.63, 3.8) is 0 Å². The summed E-state index contributed by atoms with van der Waals surface area (Å²) >= 11 is 1.33. The number of carbonyl (C=O) groups excluding carboxylic acids is 1. The van der Waals surface area contributed by atoms with Gasteiger partial charge in [-0.25, -0.2) is 4.39 Å². The van der Waals surface area contributed by atoms with E-state index in [1.807, 2.05) is 73.0 Å². The number of nitrogens with zero attached hydrogens (tertiary/aromatic N) is 4. The van der Waals surface area contributed by atoms with Crippen LogP contribution in [0.15, 0.2) is 71.9 Å². The molecule has 0 amide bonds. The summed E-state index contributed by atoms with van der Waals surface area (Å²) in [5.74, 6) is 0.678. The maximum atomic E-state index is 13.5. The Hall–Kier alpha value is -3.03. The summed E-state index contributed by atoms with van der Waals surface area (Å²) in [4.78, 5) is 14.9. The normalized spacial score (nSPS) is 12.4. The molecular formula is C24H23FN4OS. The first kappa shape index (κ1) is 21.2. The smallest absolute Gasteiger partial charge is 0.196 e. The minimum Gasteiger partial charge on any atom is -0.300 e. The number of halogens is 1. The number of fused-ring (bicyclic) bond motifs is 1. The molecule has 4 rings (SSSR count). The molecular weight excluding hydrogens is 411 g/mol. The van der Waals surface area contributed by atoms with E-state index < -0.39 is 0 Å². The fraction of sp³-hybridized carbons (Fsp3) is 0.208. The lowest BCUT2D eigenvalue weighted by atomic mass is 10.1. The summed E-state index contributed by atoms with van der Waals surface area (Å²) in [6.45, 7) is 2.03. The van der Waals surface area contributed by atoms with E-state index in [4.69, 9.17) is 0 Å². The molecule has 0 spiro atoms. The summed E-state index contributed by atoms with van der Waals surface area (Å²) in [6, 6.07) is 19.9. The second-order valence-electron chi connectivity index (χ2n) is 7.57. The van der Waals surface area contributed by atoms with Crippen LogP contribution in [0.1, 0.15) is 29.1 Å². The van der Waals surface area contributed by atoms with Gasteiger partial charge >= 0.3 is 0 Å². The molecule has 0 unspecified atom stereocenters. The van der Waals surface area contributed by atoms with Crippen molar-refractivity contribution in [2.45, 2.75) is 18.1 Å². The van der Waals surface area contributed by atoms with Crippen molar-refractivity contribution in [1.29, 1.82) is 0 Å². The van der Waals surface area contributed by atoms with Crippen molar-refractivity contribution in [1.82, 2.24) is 19.7 Å². The Labute approximate surface area is 184 Å². The lowest BCUT2D eigenvalue weighted by molar-refractivity contribution is 0.102. The fourth-order valence-electron chi connectivity index (χ4n) is 3.29. The highest BCUT2D eigenvalue weighted by Gasteiger charge is 2.22. The van der Waals surface area contributed by atoms with Gasteiger partial charge < -0.3 is 0 Å². The summed E-state index contributed by atoms with van der Waals surface area (Å²) in [5.41, 5.74) is 1.43. The number of ketones is 1. The van der Waals surface area contributed by atoms with E-state index in [1.165, 1.54) is 23.9 Å². The molecule has 0 aliphatic heterocycles. The van der Waals surface area contributed by atoms with E-state index in [2.05, 4.69) is 10.2 Å². The number of hydrogen-bond acceptors (Lipinski definition) is 5. The Kier molecular flexibility index (Phi) is 6.15. The van der Waals surface area contributed by atoms with Crippen molar-refractivity contribution in [3.05, 3.63) is 83.9 Å². The van der Waals surface area contributed by atoms with Crippen LogP contribution in [0.4, 0.5) is 4.39 Å². The zero-order chi connectivity index (χ0) is 22.0. The first-order chi connectivity index (χ1) is 14.9. The van der Waals surface area contributed by atoms with Gasteiger partial charge in [0, 0.05) is 11.3 Å². The Morgan fingerprint density at radius 2 is 1.74 bits per heavy atom. The first-order valence-electron chi connectivity index (χ1n) is 9.96. The van der Waals surface area contributed by atoms with Crippen LogP contribution in [0, 0.1) is 5.82 Å². The summed E-state index contributed by atoms with van der Waals surface area (Å²) in [5, 5.41) is 11.5. The standard InChI is InChI=1S/C24H23FN4OS/c1-16(28(2)3)23-26-27-24(29(23)21-12-10-20(25)11-13-21)31-15-22(30)19-9-8-17-6-4-5-7-18(17)14-19/h4-14,16H,15H2,1-3H3/t16-/m1/s1. The van der Waals surface area contributed by atoms with Gasteiger partial charge in [-0.2, -0.15) is 0 Å². The number of Topliss-reactive ketones (excluding diaryl/α,β-unsaturated/α-hetero) is 1. The second-order valence-corrected chi connectivity index (χ2v) is 8.51. The highest BCUT2D eigenvalue weighted by molar-refractivity contribution is 7.99. The molecule has 0 fully saturated rings. The average molecular weight is 435 g/mol.